The first-order valence-electron chi connectivity index (χ1n) is 8.85. The zero-order valence-corrected chi connectivity index (χ0v) is 13.0. The molecule has 0 radical (unpaired) electrons. The minimum Gasteiger partial charge on any atom is -0.307 e. The minimum absolute atomic E-state index is 0.344. The fourth-order valence-electron chi connectivity index (χ4n) is 6.15. The molecule has 21 heavy (non-hydrogen) atoms. The smallest absolute Gasteiger partial charge is 0.135 e. The van der Waals surface area contributed by atoms with Crippen molar-refractivity contribution < 1.29 is 0 Å². The van der Waals surface area contributed by atoms with Crippen molar-refractivity contribution in [1.82, 2.24) is 15.3 Å². The number of hydrogen-bond donors (Lipinski definition) is 1. The van der Waals surface area contributed by atoms with Crippen molar-refractivity contribution in [3.8, 4) is 0 Å². The van der Waals surface area contributed by atoms with E-state index >= 15 is 0 Å². The van der Waals surface area contributed by atoms with E-state index in [1.807, 2.05) is 0 Å². The molecule has 5 aliphatic rings. The Bertz CT molecular complexity index is 557. The molecule has 0 unspecified atom stereocenters. The lowest BCUT2D eigenvalue weighted by molar-refractivity contribution is -0.00958. The van der Waals surface area contributed by atoms with Gasteiger partial charge in [0.1, 0.15) is 5.82 Å². The number of rotatable bonds is 2. The first kappa shape index (κ1) is 12.6. The Kier molecular flexibility index (Phi) is 2.56. The first-order valence-corrected chi connectivity index (χ1v) is 8.85. The van der Waals surface area contributed by atoms with Gasteiger partial charge in [0.05, 0.1) is 5.69 Å². The molecule has 0 amide bonds. The van der Waals surface area contributed by atoms with Gasteiger partial charge < -0.3 is 5.32 Å². The highest BCUT2D eigenvalue weighted by Crippen LogP contribution is 2.60. The van der Waals surface area contributed by atoms with Crippen LogP contribution in [0, 0.1) is 17.8 Å². The van der Waals surface area contributed by atoms with Crippen LogP contribution in [-0.4, -0.2) is 9.97 Å². The zero-order valence-electron chi connectivity index (χ0n) is 13.0. The summed E-state index contributed by atoms with van der Waals surface area (Å²) in [5.74, 6) is 4.13. The van der Waals surface area contributed by atoms with Crippen molar-refractivity contribution in [2.24, 2.45) is 17.8 Å². The Morgan fingerprint density at radius 3 is 2.29 bits per heavy atom. The molecule has 4 aliphatic carbocycles. The first-order chi connectivity index (χ1) is 10.3. The number of hydrogen-bond acceptors (Lipinski definition) is 3. The molecule has 6 rings (SSSR count). The summed E-state index contributed by atoms with van der Waals surface area (Å²) in [5.41, 5.74) is 4.35. The summed E-state index contributed by atoms with van der Waals surface area (Å²) in [6.07, 6.45) is 9.63. The Balaban J connectivity index is 1.61. The summed E-state index contributed by atoms with van der Waals surface area (Å²) in [5, 5.41) is 3.46. The highest BCUT2D eigenvalue weighted by atomic mass is 15.0. The van der Waals surface area contributed by atoms with Crippen molar-refractivity contribution in [2.45, 2.75) is 70.4 Å². The molecule has 4 saturated carbocycles. The number of aromatic nitrogens is 2. The van der Waals surface area contributed by atoms with Crippen molar-refractivity contribution >= 4 is 0 Å². The van der Waals surface area contributed by atoms with Gasteiger partial charge >= 0.3 is 0 Å². The van der Waals surface area contributed by atoms with Crippen LogP contribution in [0.1, 0.15) is 68.2 Å². The van der Waals surface area contributed by atoms with Crippen LogP contribution in [0.2, 0.25) is 0 Å². The van der Waals surface area contributed by atoms with Crippen molar-refractivity contribution in [3.63, 3.8) is 0 Å². The number of nitrogens with one attached hydrogen (secondary N) is 1. The maximum absolute atomic E-state index is 5.10. The highest BCUT2D eigenvalue weighted by molar-refractivity contribution is 5.32. The number of nitrogens with zero attached hydrogens (tertiary/aromatic N) is 2. The number of aryl methyl sites for hydroxylation is 1. The molecule has 0 spiro atoms. The Morgan fingerprint density at radius 1 is 1.00 bits per heavy atom. The molecule has 1 aliphatic heterocycles. The van der Waals surface area contributed by atoms with Crippen LogP contribution in [0.15, 0.2) is 0 Å². The van der Waals surface area contributed by atoms with Crippen LogP contribution in [0.3, 0.4) is 0 Å². The van der Waals surface area contributed by atoms with E-state index < -0.39 is 0 Å². The van der Waals surface area contributed by atoms with Gasteiger partial charge in [0.25, 0.3) is 0 Å². The maximum atomic E-state index is 5.10. The third-order valence-electron chi connectivity index (χ3n) is 6.62. The van der Waals surface area contributed by atoms with Gasteiger partial charge in [0.2, 0.25) is 0 Å². The monoisotopic (exact) mass is 283 g/mol. The fraction of sp³-hybridized carbons (Fsp3) is 0.778. The van der Waals surface area contributed by atoms with E-state index in [4.69, 9.17) is 9.97 Å². The van der Waals surface area contributed by atoms with E-state index in [9.17, 15) is 0 Å². The van der Waals surface area contributed by atoms with Gasteiger partial charge in [-0.05, 0) is 62.7 Å². The molecule has 2 heterocycles. The summed E-state index contributed by atoms with van der Waals surface area (Å²) in [6.45, 7) is 4.16. The summed E-state index contributed by atoms with van der Waals surface area (Å²) in [6, 6.07) is 0. The van der Waals surface area contributed by atoms with Gasteiger partial charge in [-0.1, -0.05) is 6.92 Å². The van der Waals surface area contributed by atoms with Crippen LogP contribution >= 0.6 is 0 Å². The highest BCUT2D eigenvalue weighted by Gasteiger charge is 2.53. The summed E-state index contributed by atoms with van der Waals surface area (Å²) in [7, 11) is 0. The topological polar surface area (TPSA) is 37.8 Å². The minimum atomic E-state index is 0.344. The van der Waals surface area contributed by atoms with Gasteiger partial charge in [0.15, 0.2) is 0 Å². The van der Waals surface area contributed by atoms with Crippen molar-refractivity contribution in [3.05, 3.63) is 22.8 Å². The lowest BCUT2D eigenvalue weighted by Crippen LogP contribution is -2.49. The van der Waals surface area contributed by atoms with E-state index in [-0.39, 0.29) is 0 Å². The normalized spacial score (nSPS) is 39.8. The van der Waals surface area contributed by atoms with Crippen LogP contribution in [-0.2, 0) is 24.9 Å². The van der Waals surface area contributed by atoms with E-state index in [1.54, 1.807) is 0 Å². The summed E-state index contributed by atoms with van der Waals surface area (Å²) >= 11 is 0. The second-order valence-electron chi connectivity index (χ2n) is 8.07. The van der Waals surface area contributed by atoms with Gasteiger partial charge in [-0.2, -0.15) is 0 Å². The van der Waals surface area contributed by atoms with Crippen LogP contribution in [0.4, 0.5) is 0 Å². The largest absolute Gasteiger partial charge is 0.307 e. The summed E-state index contributed by atoms with van der Waals surface area (Å²) < 4.78 is 0. The van der Waals surface area contributed by atoms with Gasteiger partial charge in [-0.15, -0.1) is 0 Å². The lowest BCUT2D eigenvalue weighted by Gasteiger charge is -2.56. The average Bonchev–Trinajstić information content (AvgIpc) is 2.93. The molecule has 4 bridgehead atoms. The zero-order chi connectivity index (χ0) is 14.0. The molecular weight excluding hydrogens is 258 g/mol. The third-order valence-corrected chi connectivity index (χ3v) is 6.62. The molecule has 1 N–H and O–H groups in total. The van der Waals surface area contributed by atoms with E-state index in [0.29, 0.717) is 5.41 Å². The quantitative estimate of drug-likeness (QED) is 0.906. The van der Waals surface area contributed by atoms with Crippen molar-refractivity contribution in [2.75, 3.05) is 0 Å². The SMILES string of the molecule is CCc1nc(C23CC4CC(CC(C4)C2)C3)nc2c1CNC2. The average molecular weight is 283 g/mol. The van der Waals surface area contributed by atoms with Gasteiger partial charge in [-0.3, -0.25) is 0 Å². The molecule has 3 nitrogen and oxygen atoms in total. The van der Waals surface area contributed by atoms with Crippen LogP contribution in [0.25, 0.3) is 0 Å². The van der Waals surface area contributed by atoms with Gasteiger partial charge in [0, 0.05) is 29.8 Å². The third kappa shape index (κ3) is 1.76. The van der Waals surface area contributed by atoms with Crippen molar-refractivity contribution in [1.29, 1.82) is 0 Å². The van der Waals surface area contributed by atoms with Gasteiger partial charge in [-0.25, -0.2) is 9.97 Å². The predicted octanol–water partition coefficient (Wildman–Crippen LogP) is 3.11. The molecule has 1 aromatic rings. The Labute approximate surface area is 127 Å². The molecule has 4 fully saturated rings. The molecule has 0 atom stereocenters. The molecular formula is C18H25N3. The molecule has 0 saturated heterocycles. The Hall–Kier alpha value is -0.960. The molecule has 0 aromatic carbocycles. The fourth-order valence-corrected chi connectivity index (χ4v) is 6.15. The standard InChI is InChI=1S/C18H25N3/c1-2-15-14-9-19-10-16(14)21-17(20-15)18-6-11-3-12(7-18)5-13(4-11)8-18/h11-13,19H,2-10H2,1H3. The van der Waals surface area contributed by atoms with E-state index in [0.717, 1.165) is 37.3 Å². The Morgan fingerprint density at radius 2 is 1.67 bits per heavy atom. The molecule has 112 valence electrons. The van der Waals surface area contributed by atoms with E-state index in [1.165, 1.54) is 61.3 Å². The van der Waals surface area contributed by atoms with Crippen LogP contribution in [0.5, 0.6) is 0 Å². The molecule has 1 aromatic heterocycles. The second-order valence-corrected chi connectivity index (χ2v) is 8.07. The van der Waals surface area contributed by atoms with Crippen LogP contribution < -0.4 is 5.32 Å². The predicted molar refractivity (Wildman–Crippen MR) is 81.8 cm³/mol. The maximum Gasteiger partial charge on any atom is 0.135 e. The molecule has 3 heteroatoms. The number of fused-ring (bicyclic) bond motifs is 1. The van der Waals surface area contributed by atoms with E-state index in [2.05, 4.69) is 12.2 Å². The lowest BCUT2D eigenvalue weighted by atomic mass is 9.49. The second kappa shape index (κ2) is 4.28. The summed E-state index contributed by atoms with van der Waals surface area (Å²) in [4.78, 5) is 10.2.